The van der Waals surface area contributed by atoms with E-state index in [1.807, 2.05) is 51.1 Å². The van der Waals surface area contributed by atoms with Gasteiger partial charge >= 0.3 is 0 Å². The Balaban J connectivity index is 1.93. The smallest absolute Gasteiger partial charge is 0.251 e. The first-order valence-electron chi connectivity index (χ1n) is 6.43. The molecular formula is C15H19N3O. The lowest BCUT2D eigenvalue weighted by Crippen LogP contribution is -2.34. The van der Waals surface area contributed by atoms with Crippen LogP contribution in [0.1, 0.15) is 34.2 Å². The highest BCUT2D eigenvalue weighted by molar-refractivity contribution is 5.94. The van der Waals surface area contributed by atoms with E-state index in [4.69, 9.17) is 0 Å². The number of carbonyl (C=O) groups excluding carboxylic acids is 1. The molecule has 0 radical (unpaired) electrons. The molecule has 1 aromatic carbocycles. The van der Waals surface area contributed by atoms with Crippen LogP contribution in [0.5, 0.6) is 0 Å². The molecule has 0 saturated carbocycles. The topological polar surface area (TPSA) is 57.8 Å². The number of rotatable bonds is 4. The number of hydrogen-bond acceptors (Lipinski definition) is 2. The molecule has 1 aromatic heterocycles. The summed E-state index contributed by atoms with van der Waals surface area (Å²) >= 11 is 0. The van der Waals surface area contributed by atoms with Gasteiger partial charge in [-0.25, -0.2) is 0 Å². The molecule has 100 valence electrons. The molecule has 2 N–H and O–H groups in total. The van der Waals surface area contributed by atoms with Crippen LogP contribution in [0, 0.1) is 13.8 Å². The quantitative estimate of drug-likeness (QED) is 0.883. The van der Waals surface area contributed by atoms with Crippen LogP contribution < -0.4 is 5.32 Å². The molecule has 0 fully saturated rings. The van der Waals surface area contributed by atoms with Crippen molar-refractivity contribution in [2.45, 2.75) is 33.2 Å². The zero-order valence-corrected chi connectivity index (χ0v) is 11.5. The van der Waals surface area contributed by atoms with Gasteiger partial charge in [-0.05, 0) is 39.0 Å². The molecule has 0 aliphatic rings. The lowest BCUT2D eigenvalue weighted by molar-refractivity contribution is 0.0940. The van der Waals surface area contributed by atoms with Gasteiger partial charge in [-0.1, -0.05) is 17.7 Å². The van der Waals surface area contributed by atoms with E-state index in [1.54, 1.807) is 0 Å². The van der Waals surface area contributed by atoms with E-state index < -0.39 is 0 Å². The largest absolute Gasteiger partial charge is 0.349 e. The van der Waals surface area contributed by atoms with Gasteiger partial charge in [0.2, 0.25) is 0 Å². The third-order valence-electron chi connectivity index (χ3n) is 2.97. The summed E-state index contributed by atoms with van der Waals surface area (Å²) in [6.07, 6.45) is 0.724. The molecule has 1 atom stereocenters. The standard InChI is InChI=1S/C15H19N3O/c1-10-4-6-13(7-5-10)15(19)16-11(2)8-14-9-12(3)17-18-14/h4-7,9,11H,8H2,1-3H3,(H,16,19)(H,17,18). The van der Waals surface area contributed by atoms with Gasteiger partial charge in [0.25, 0.3) is 5.91 Å². The summed E-state index contributed by atoms with van der Waals surface area (Å²) in [5.41, 5.74) is 3.84. The number of benzene rings is 1. The van der Waals surface area contributed by atoms with Gasteiger partial charge in [-0.2, -0.15) is 5.10 Å². The summed E-state index contributed by atoms with van der Waals surface area (Å²) in [4.78, 5) is 12.0. The third kappa shape index (κ3) is 3.68. The van der Waals surface area contributed by atoms with E-state index in [0.29, 0.717) is 5.56 Å². The van der Waals surface area contributed by atoms with E-state index in [-0.39, 0.29) is 11.9 Å². The second kappa shape index (κ2) is 5.69. The van der Waals surface area contributed by atoms with Gasteiger partial charge < -0.3 is 5.32 Å². The summed E-state index contributed by atoms with van der Waals surface area (Å²) in [6, 6.07) is 9.62. The maximum absolute atomic E-state index is 12.0. The molecule has 0 spiro atoms. The van der Waals surface area contributed by atoms with Gasteiger partial charge in [0.05, 0.1) is 5.69 Å². The molecule has 0 bridgehead atoms. The zero-order valence-electron chi connectivity index (χ0n) is 11.5. The van der Waals surface area contributed by atoms with Gasteiger partial charge in [-0.3, -0.25) is 9.89 Å². The van der Waals surface area contributed by atoms with Crippen molar-refractivity contribution in [2.75, 3.05) is 0 Å². The van der Waals surface area contributed by atoms with Gasteiger partial charge in [0.15, 0.2) is 0 Å². The van der Waals surface area contributed by atoms with E-state index >= 15 is 0 Å². The number of amides is 1. The highest BCUT2D eigenvalue weighted by Crippen LogP contribution is 2.05. The van der Waals surface area contributed by atoms with Crippen molar-refractivity contribution in [3.05, 3.63) is 52.8 Å². The van der Waals surface area contributed by atoms with Crippen molar-refractivity contribution in [1.29, 1.82) is 0 Å². The fraction of sp³-hybridized carbons (Fsp3) is 0.333. The van der Waals surface area contributed by atoms with Crippen LogP contribution in [-0.2, 0) is 6.42 Å². The van der Waals surface area contributed by atoms with Crippen molar-refractivity contribution in [3.63, 3.8) is 0 Å². The molecule has 0 aliphatic heterocycles. The maximum atomic E-state index is 12.0. The number of nitrogens with zero attached hydrogens (tertiary/aromatic N) is 1. The van der Waals surface area contributed by atoms with Crippen LogP contribution in [0.3, 0.4) is 0 Å². The summed E-state index contributed by atoms with van der Waals surface area (Å²) < 4.78 is 0. The maximum Gasteiger partial charge on any atom is 0.251 e. The molecule has 4 heteroatoms. The molecule has 1 amide bonds. The molecule has 1 unspecified atom stereocenters. The van der Waals surface area contributed by atoms with E-state index in [2.05, 4.69) is 15.5 Å². The van der Waals surface area contributed by atoms with Crippen LogP contribution in [0.4, 0.5) is 0 Å². The number of aryl methyl sites for hydroxylation is 2. The Kier molecular flexibility index (Phi) is 4.00. The highest BCUT2D eigenvalue weighted by atomic mass is 16.1. The molecule has 2 aromatic rings. The van der Waals surface area contributed by atoms with Crippen molar-refractivity contribution >= 4 is 5.91 Å². The number of aromatic amines is 1. The first-order chi connectivity index (χ1) is 9.04. The van der Waals surface area contributed by atoms with Crippen molar-refractivity contribution < 1.29 is 4.79 Å². The van der Waals surface area contributed by atoms with E-state index in [9.17, 15) is 4.79 Å². The van der Waals surface area contributed by atoms with Crippen molar-refractivity contribution in [2.24, 2.45) is 0 Å². The van der Waals surface area contributed by atoms with Crippen LogP contribution in [-0.4, -0.2) is 22.1 Å². The third-order valence-corrected chi connectivity index (χ3v) is 2.97. The number of hydrogen-bond donors (Lipinski definition) is 2. The first kappa shape index (κ1) is 13.3. The summed E-state index contributed by atoms with van der Waals surface area (Å²) in [6.45, 7) is 5.95. The van der Waals surface area contributed by atoms with Gasteiger partial charge in [0, 0.05) is 23.7 Å². The SMILES string of the molecule is Cc1ccc(C(=O)NC(C)Cc2cc(C)[nH]n2)cc1. The van der Waals surface area contributed by atoms with Crippen molar-refractivity contribution in [3.8, 4) is 0 Å². The minimum atomic E-state index is -0.0419. The van der Waals surface area contributed by atoms with E-state index in [1.165, 1.54) is 0 Å². The number of nitrogens with one attached hydrogen (secondary N) is 2. The van der Waals surface area contributed by atoms with Gasteiger partial charge in [0.1, 0.15) is 0 Å². The number of aromatic nitrogens is 2. The van der Waals surface area contributed by atoms with Crippen LogP contribution in [0.15, 0.2) is 30.3 Å². The second-order valence-electron chi connectivity index (χ2n) is 4.99. The number of H-pyrrole nitrogens is 1. The molecule has 0 saturated heterocycles. The Morgan fingerprint density at radius 3 is 2.58 bits per heavy atom. The molecule has 1 heterocycles. The van der Waals surface area contributed by atoms with E-state index in [0.717, 1.165) is 23.4 Å². The zero-order chi connectivity index (χ0) is 13.8. The molecule has 19 heavy (non-hydrogen) atoms. The Labute approximate surface area is 113 Å². The molecule has 4 nitrogen and oxygen atoms in total. The minimum Gasteiger partial charge on any atom is -0.349 e. The average Bonchev–Trinajstić information content (AvgIpc) is 2.75. The highest BCUT2D eigenvalue weighted by Gasteiger charge is 2.11. The van der Waals surface area contributed by atoms with Crippen LogP contribution >= 0.6 is 0 Å². The summed E-state index contributed by atoms with van der Waals surface area (Å²) in [5.74, 6) is -0.0419. The molecule has 2 rings (SSSR count). The van der Waals surface area contributed by atoms with Crippen molar-refractivity contribution in [1.82, 2.24) is 15.5 Å². The lowest BCUT2D eigenvalue weighted by Gasteiger charge is -2.12. The predicted octanol–water partition coefficient (Wildman–Crippen LogP) is 2.39. The second-order valence-corrected chi connectivity index (χ2v) is 4.99. The first-order valence-corrected chi connectivity index (χ1v) is 6.43. The minimum absolute atomic E-state index is 0.0419. The predicted molar refractivity (Wildman–Crippen MR) is 75.1 cm³/mol. The monoisotopic (exact) mass is 257 g/mol. The summed E-state index contributed by atoms with van der Waals surface area (Å²) in [5, 5.41) is 10.1. The van der Waals surface area contributed by atoms with Crippen LogP contribution in [0.25, 0.3) is 0 Å². The fourth-order valence-corrected chi connectivity index (χ4v) is 1.96. The van der Waals surface area contributed by atoms with Gasteiger partial charge in [-0.15, -0.1) is 0 Å². The summed E-state index contributed by atoms with van der Waals surface area (Å²) in [7, 11) is 0. The Morgan fingerprint density at radius 1 is 1.32 bits per heavy atom. The average molecular weight is 257 g/mol. The Bertz CT molecular complexity index is 557. The normalized spacial score (nSPS) is 12.2. The number of carbonyl (C=O) groups is 1. The Hall–Kier alpha value is -2.10. The Morgan fingerprint density at radius 2 is 2.00 bits per heavy atom. The fourth-order valence-electron chi connectivity index (χ4n) is 1.96. The lowest BCUT2D eigenvalue weighted by atomic mass is 10.1. The van der Waals surface area contributed by atoms with Crippen LogP contribution in [0.2, 0.25) is 0 Å². The molecule has 0 aliphatic carbocycles. The molecular weight excluding hydrogens is 238 g/mol.